The van der Waals surface area contributed by atoms with Crippen LogP contribution < -0.4 is 10.4 Å². The number of carboxylic acid groups (broad SMARTS) is 1. The lowest BCUT2D eigenvalue weighted by Gasteiger charge is -2.40. The van der Waals surface area contributed by atoms with E-state index in [4.69, 9.17) is 18.9 Å². The first kappa shape index (κ1) is 23.9. The van der Waals surface area contributed by atoms with E-state index >= 15 is 0 Å². The summed E-state index contributed by atoms with van der Waals surface area (Å²) in [5.41, 5.74) is -0.0351. The Bertz CT molecular complexity index is 817. The molecule has 1 amide bonds. The van der Waals surface area contributed by atoms with Crippen molar-refractivity contribution in [2.75, 3.05) is 13.2 Å². The molecule has 0 spiro atoms. The number of ether oxygens (including phenoxy) is 1. The van der Waals surface area contributed by atoms with Gasteiger partial charge in [-0.05, 0) is 24.6 Å². The van der Waals surface area contributed by atoms with Crippen molar-refractivity contribution in [3.63, 3.8) is 0 Å². The van der Waals surface area contributed by atoms with E-state index in [1.165, 1.54) is 6.92 Å². The van der Waals surface area contributed by atoms with Crippen molar-refractivity contribution in [3.05, 3.63) is 30.1 Å². The highest BCUT2D eigenvalue weighted by Gasteiger charge is 2.48. The minimum atomic E-state index is -4.00. The molecule has 1 saturated heterocycles. The Morgan fingerprint density at radius 3 is 2.67 bits per heavy atom. The van der Waals surface area contributed by atoms with Crippen LogP contribution >= 0.6 is 7.75 Å². The van der Waals surface area contributed by atoms with Gasteiger partial charge in [-0.2, -0.15) is 0 Å². The number of aliphatic carboxylic acids is 1. The smallest absolute Gasteiger partial charge is 0.407 e. The topological polar surface area (TPSA) is 153 Å². The van der Waals surface area contributed by atoms with E-state index in [1.54, 1.807) is 38.4 Å². The third-order valence-corrected chi connectivity index (χ3v) is 5.96. The fraction of sp³-hybridized carbons (Fsp3) is 0.556. The fourth-order valence-electron chi connectivity index (χ4n) is 2.50. The van der Waals surface area contributed by atoms with Gasteiger partial charge in [-0.25, -0.2) is 9.65 Å². The van der Waals surface area contributed by atoms with Crippen molar-refractivity contribution in [1.82, 2.24) is 15.4 Å². The van der Waals surface area contributed by atoms with Crippen LogP contribution in [0.5, 0.6) is 0 Å². The molecule has 2 unspecified atom stereocenters. The summed E-state index contributed by atoms with van der Waals surface area (Å²) < 4.78 is 28.3. The lowest BCUT2D eigenvalue weighted by atomic mass is 9.87. The van der Waals surface area contributed by atoms with E-state index in [0.717, 1.165) is 5.56 Å². The molecular formula is C18H26N3O8P. The van der Waals surface area contributed by atoms with Crippen molar-refractivity contribution in [1.29, 1.82) is 0 Å². The molecular weight excluding hydrogens is 417 g/mol. The molecule has 0 radical (unpaired) electrons. The SMILES string of the molecule is CC(NP1(=O)OCC(C)(C)[C@H](C(=O)NCCC(=O)OCc2ccncc2)O1)C(=O)O. The van der Waals surface area contributed by atoms with E-state index in [1.807, 2.05) is 0 Å². The number of carbonyl (C=O) groups excluding carboxylic acids is 2. The van der Waals surface area contributed by atoms with Crippen molar-refractivity contribution < 1.29 is 37.8 Å². The predicted molar refractivity (Wildman–Crippen MR) is 104 cm³/mol. The van der Waals surface area contributed by atoms with Crippen molar-refractivity contribution in [2.24, 2.45) is 5.41 Å². The van der Waals surface area contributed by atoms with Crippen molar-refractivity contribution >= 4 is 25.6 Å². The molecule has 0 aliphatic carbocycles. The van der Waals surface area contributed by atoms with Crippen molar-refractivity contribution in [3.8, 4) is 0 Å². The summed E-state index contributed by atoms with van der Waals surface area (Å²) in [7, 11) is -4.00. The molecule has 11 nitrogen and oxygen atoms in total. The largest absolute Gasteiger partial charge is 0.480 e. The highest BCUT2D eigenvalue weighted by molar-refractivity contribution is 7.51. The second-order valence-corrected chi connectivity index (χ2v) is 9.21. The van der Waals surface area contributed by atoms with Gasteiger partial charge in [0.1, 0.15) is 12.6 Å². The Hall–Kier alpha value is -2.33. The van der Waals surface area contributed by atoms with E-state index in [9.17, 15) is 18.9 Å². The molecule has 1 aliphatic heterocycles. The van der Waals surface area contributed by atoms with Crippen LogP contribution in [0.2, 0.25) is 0 Å². The molecule has 2 rings (SSSR count). The molecule has 3 atom stereocenters. The summed E-state index contributed by atoms with van der Waals surface area (Å²) in [6.45, 7) is 4.65. The molecule has 12 heteroatoms. The zero-order valence-corrected chi connectivity index (χ0v) is 17.9. The summed E-state index contributed by atoms with van der Waals surface area (Å²) in [5, 5.41) is 13.8. The lowest BCUT2D eigenvalue weighted by Crippen LogP contribution is -2.51. The van der Waals surface area contributed by atoms with Gasteiger partial charge in [-0.3, -0.25) is 28.4 Å². The number of pyridine rings is 1. The van der Waals surface area contributed by atoms with Crippen LogP contribution in [0.3, 0.4) is 0 Å². The number of nitrogens with zero attached hydrogens (tertiary/aromatic N) is 1. The minimum Gasteiger partial charge on any atom is -0.480 e. The summed E-state index contributed by atoms with van der Waals surface area (Å²) >= 11 is 0. The Balaban J connectivity index is 1.85. The highest BCUT2D eigenvalue weighted by Crippen LogP contribution is 2.53. The van der Waals surface area contributed by atoms with Crippen LogP contribution in [0.15, 0.2) is 24.5 Å². The van der Waals surface area contributed by atoms with Gasteiger partial charge in [-0.1, -0.05) is 13.8 Å². The second-order valence-electron chi connectivity index (χ2n) is 7.49. The number of rotatable bonds is 9. The quantitative estimate of drug-likeness (QED) is 0.375. The zero-order valence-electron chi connectivity index (χ0n) is 17.0. The fourth-order valence-corrected chi connectivity index (χ4v) is 4.44. The average molecular weight is 443 g/mol. The maximum Gasteiger partial charge on any atom is 0.407 e. The molecule has 3 N–H and O–H groups in total. The standard InChI is InChI=1S/C18H26N3O8P/c1-12(17(24)25)21-30(26)28-11-18(2,3)15(29-30)16(23)20-9-6-14(22)27-10-13-4-7-19-8-5-13/h4-5,7-8,12,15H,6,9-11H2,1-3H3,(H,20,23)(H,21,26)(H,24,25)/t12?,15-,30?/m0/s1. The Kier molecular flexibility index (Phi) is 8.08. The average Bonchev–Trinajstić information content (AvgIpc) is 2.69. The molecule has 30 heavy (non-hydrogen) atoms. The van der Waals surface area contributed by atoms with Crippen LogP contribution in [0.25, 0.3) is 0 Å². The summed E-state index contributed by atoms with van der Waals surface area (Å²) in [5.74, 6) is -2.33. The van der Waals surface area contributed by atoms with Gasteiger partial charge < -0.3 is 15.2 Å². The number of aromatic nitrogens is 1. The number of carboxylic acids is 1. The van der Waals surface area contributed by atoms with E-state index < -0.39 is 43.2 Å². The van der Waals surface area contributed by atoms with Crippen molar-refractivity contribution in [2.45, 2.75) is 45.9 Å². The normalized spacial score (nSPS) is 23.9. The molecule has 0 saturated carbocycles. The molecule has 1 fully saturated rings. The monoisotopic (exact) mass is 443 g/mol. The van der Waals surface area contributed by atoms with Gasteiger partial charge in [0, 0.05) is 24.4 Å². The van der Waals surface area contributed by atoms with E-state index in [2.05, 4.69) is 15.4 Å². The van der Waals surface area contributed by atoms with E-state index in [0.29, 0.717) is 0 Å². The molecule has 0 aromatic carbocycles. The Morgan fingerprint density at radius 2 is 2.03 bits per heavy atom. The summed E-state index contributed by atoms with van der Waals surface area (Å²) in [6.07, 6.45) is 1.94. The molecule has 0 bridgehead atoms. The molecule has 1 aromatic heterocycles. The number of nitrogens with one attached hydrogen (secondary N) is 2. The van der Waals surface area contributed by atoms with Crippen LogP contribution in [0.1, 0.15) is 32.8 Å². The van der Waals surface area contributed by atoms with Gasteiger partial charge in [-0.15, -0.1) is 0 Å². The maximum absolute atomic E-state index is 12.7. The van der Waals surface area contributed by atoms with Gasteiger partial charge in [0.15, 0.2) is 6.10 Å². The molecule has 1 aliphatic rings. The Labute approximate surface area is 174 Å². The van der Waals surface area contributed by atoms with Gasteiger partial charge in [0.2, 0.25) is 5.91 Å². The molecule has 2 heterocycles. The first-order chi connectivity index (χ1) is 14.0. The van der Waals surface area contributed by atoms with Crippen LogP contribution in [0.4, 0.5) is 0 Å². The van der Waals surface area contributed by atoms with Crippen LogP contribution in [-0.4, -0.2) is 53.2 Å². The maximum atomic E-state index is 12.7. The molecule has 166 valence electrons. The van der Waals surface area contributed by atoms with E-state index in [-0.39, 0.29) is 26.2 Å². The van der Waals surface area contributed by atoms with Gasteiger partial charge in [0.25, 0.3) is 0 Å². The highest BCUT2D eigenvalue weighted by atomic mass is 31.2. The second kappa shape index (κ2) is 10.1. The van der Waals surface area contributed by atoms with Crippen LogP contribution in [-0.2, 0) is 39.3 Å². The van der Waals surface area contributed by atoms with Gasteiger partial charge >= 0.3 is 19.7 Å². The number of esters is 1. The zero-order chi connectivity index (χ0) is 22.4. The number of hydrogen-bond acceptors (Lipinski definition) is 8. The predicted octanol–water partition coefficient (Wildman–Crippen LogP) is 1.24. The number of carbonyl (C=O) groups is 3. The lowest BCUT2D eigenvalue weighted by molar-refractivity contribution is -0.145. The Morgan fingerprint density at radius 1 is 1.37 bits per heavy atom. The minimum absolute atomic E-state index is 0.00589. The third-order valence-electron chi connectivity index (χ3n) is 4.30. The first-order valence-corrected chi connectivity index (χ1v) is 10.8. The summed E-state index contributed by atoms with van der Waals surface area (Å²) in [6, 6.07) is 2.24. The summed E-state index contributed by atoms with van der Waals surface area (Å²) in [4.78, 5) is 39.3. The first-order valence-electron chi connectivity index (χ1n) is 9.28. The van der Waals surface area contributed by atoms with Crippen LogP contribution in [0, 0.1) is 5.41 Å². The molecule has 1 aromatic rings. The third kappa shape index (κ3) is 6.88. The van der Waals surface area contributed by atoms with Gasteiger partial charge in [0.05, 0.1) is 13.0 Å². The number of hydrogen-bond donors (Lipinski definition) is 3. The number of amides is 1.